The van der Waals surface area contributed by atoms with Gasteiger partial charge < -0.3 is 15.8 Å². The molecule has 0 amide bonds. The van der Waals surface area contributed by atoms with Gasteiger partial charge in [-0.05, 0) is 12.5 Å². The van der Waals surface area contributed by atoms with Crippen LogP contribution in [0.5, 0.6) is 0 Å². The molecule has 82 valence electrons. The number of nitrogens with one attached hydrogen (secondary N) is 1. The molecule has 3 nitrogen and oxygen atoms in total. The van der Waals surface area contributed by atoms with E-state index in [0.717, 1.165) is 25.3 Å². The van der Waals surface area contributed by atoms with Crippen LogP contribution in [0.15, 0.2) is 30.3 Å². The minimum Gasteiger partial charge on any atom is -0.373 e. The summed E-state index contributed by atoms with van der Waals surface area (Å²) in [6.07, 6.45) is 0.0497. The SMILES string of the molecule is CC(N)(c1ccccc1)C1CNCCO1. The molecule has 1 aromatic carbocycles. The zero-order valence-electron chi connectivity index (χ0n) is 9.07. The molecule has 2 unspecified atom stereocenters. The average molecular weight is 206 g/mol. The van der Waals surface area contributed by atoms with E-state index in [1.54, 1.807) is 0 Å². The lowest BCUT2D eigenvalue weighted by Gasteiger charge is -2.37. The van der Waals surface area contributed by atoms with E-state index >= 15 is 0 Å². The van der Waals surface area contributed by atoms with Gasteiger partial charge in [-0.25, -0.2) is 0 Å². The van der Waals surface area contributed by atoms with Crippen LogP contribution >= 0.6 is 0 Å². The van der Waals surface area contributed by atoms with E-state index in [-0.39, 0.29) is 6.10 Å². The molecule has 2 rings (SSSR count). The molecule has 0 bridgehead atoms. The second-order valence-corrected chi connectivity index (χ2v) is 4.21. The molecule has 0 aromatic heterocycles. The van der Waals surface area contributed by atoms with E-state index in [1.807, 2.05) is 25.1 Å². The summed E-state index contributed by atoms with van der Waals surface area (Å²) in [5.74, 6) is 0. The quantitative estimate of drug-likeness (QED) is 0.754. The highest BCUT2D eigenvalue weighted by atomic mass is 16.5. The molecule has 3 heteroatoms. The van der Waals surface area contributed by atoms with Crippen molar-refractivity contribution in [2.45, 2.75) is 18.6 Å². The third kappa shape index (κ3) is 2.20. The number of hydrogen-bond acceptors (Lipinski definition) is 3. The maximum atomic E-state index is 6.35. The summed E-state index contributed by atoms with van der Waals surface area (Å²) < 4.78 is 5.71. The highest BCUT2D eigenvalue weighted by Gasteiger charge is 2.33. The third-order valence-corrected chi connectivity index (χ3v) is 2.99. The molecule has 1 aliphatic heterocycles. The third-order valence-electron chi connectivity index (χ3n) is 2.99. The molecular formula is C12H18N2O. The van der Waals surface area contributed by atoms with Gasteiger partial charge in [-0.3, -0.25) is 0 Å². The Morgan fingerprint density at radius 2 is 2.13 bits per heavy atom. The van der Waals surface area contributed by atoms with E-state index in [2.05, 4.69) is 17.4 Å². The van der Waals surface area contributed by atoms with Crippen molar-refractivity contribution in [1.82, 2.24) is 5.32 Å². The molecular weight excluding hydrogens is 188 g/mol. The minimum atomic E-state index is -0.422. The minimum absolute atomic E-state index is 0.0497. The summed E-state index contributed by atoms with van der Waals surface area (Å²) in [5.41, 5.74) is 7.05. The molecule has 0 spiro atoms. The molecule has 3 N–H and O–H groups in total. The number of nitrogens with two attached hydrogens (primary N) is 1. The monoisotopic (exact) mass is 206 g/mol. The van der Waals surface area contributed by atoms with Crippen LogP contribution in [-0.2, 0) is 10.3 Å². The summed E-state index contributed by atoms with van der Waals surface area (Å²) in [6, 6.07) is 10.1. The van der Waals surface area contributed by atoms with Crippen LogP contribution in [0.25, 0.3) is 0 Å². The molecule has 0 aliphatic carbocycles. The first kappa shape index (κ1) is 10.6. The van der Waals surface area contributed by atoms with Crippen LogP contribution in [-0.4, -0.2) is 25.8 Å². The van der Waals surface area contributed by atoms with Gasteiger partial charge in [0.15, 0.2) is 0 Å². The Morgan fingerprint density at radius 3 is 2.73 bits per heavy atom. The molecule has 2 atom stereocenters. The van der Waals surface area contributed by atoms with Gasteiger partial charge >= 0.3 is 0 Å². The van der Waals surface area contributed by atoms with Crippen LogP contribution < -0.4 is 11.1 Å². The number of morpholine rings is 1. The Balaban J connectivity index is 2.18. The normalized spacial score (nSPS) is 25.9. The Bertz CT molecular complexity index is 305. The Morgan fingerprint density at radius 1 is 1.40 bits per heavy atom. The highest BCUT2D eigenvalue weighted by molar-refractivity contribution is 5.24. The summed E-state index contributed by atoms with van der Waals surface area (Å²) in [5, 5.41) is 3.31. The van der Waals surface area contributed by atoms with Gasteiger partial charge in [-0.1, -0.05) is 30.3 Å². The zero-order chi connectivity index (χ0) is 10.7. The lowest BCUT2D eigenvalue weighted by molar-refractivity contribution is -0.0177. The number of hydrogen-bond donors (Lipinski definition) is 2. The topological polar surface area (TPSA) is 47.3 Å². The molecule has 1 saturated heterocycles. The predicted molar refractivity (Wildman–Crippen MR) is 60.6 cm³/mol. The van der Waals surface area contributed by atoms with Crippen molar-refractivity contribution in [3.63, 3.8) is 0 Å². The second-order valence-electron chi connectivity index (χ2n) is 4.21. The van der Waals surface area contributed by atoms with Crippen molar-refractivity contribution < 1.29 is 4.74 Å². The van der Waals surface area contributed by atoms with E-state index in [9.17, 15) is 0 Å². The van der Waals surface area contributed by atoms with Crippen molar-refractivity contribution in [2.24, 2.45) is 5.73 Å². The Hall–Kier alpha value is -0.900. The van der Waals surface area contributed by atoms with Crippen LogP contribution in [0, 0.1) is 0 Å². The molecule has 1 heterocycles. The zero-order valence-corrected chi connectivity index (χ0v) is 9.07. The van der Waals surface area contributed by atoms with E-state index < -0.39 is 5.54 Å². The van der Waals surface area contributed by atoms with Crippen molar-refractivity contribution in [2.75, 3.05) is 19.7 Å². The fourth-order valence-corrected chi connectivity index (χ4v) is 1.93. The fraction of sp³-hybridized carbons (Fsp3) is 0.500. The van der Waals surface area contributed by atoms with Crippen molar-refractivity contribution in [1.29, 1.82) is 0 Å². The first-order valence-electron chi connectivity index (χ1n) is 5.38. The van der Waals surface area contributed by atoms with Crippen LogP contribution in [0.3, 0.4) is 0 Å². The standard InChI is InChI=1S/C12H18N2O/c1-12(13,10-5-3-2-4-6-10)11-9-14-7-8-15-11/h2-6,11,14H,7-9,13H2,1H3. The van der Waals surface area contributed by atoms with Gasteiger partial charge in [0.2, 0.25) is 0 Å². The Kier molecular flexibility index (Phi) is 3.05. The smallest absolute Gasteiger partial charge is 0.0918 e. The van der Waals surface area contributed by atoms with Crippen LogP contribution in [0.2, 0.25) is 0 Å². The number of benzene rings is 1. The summed E-state index contributed by atoms with van der Waals surface area (Å²) in [6.45, 7) is 4.51. The van der Waals surface area contributed by atoms with Crippen molar-refractivity contribution in [3.8, 4) is 0 Å². The number of rotatable bonds is 2. The van der Waals surface area contributed by atoms with E-state index in [0.29, 0.717) is 0 Å². The second kappa shape index (κ2) is 4.31. The molecule has 0 saturated carbocycles. The van der Waals surface area contributed by atoms with Gasteiger partial charge in [0.05, 0.1) is 18.2 Å². The molecule has 0 radical (unpaired) electrons. The number of ether oxygens (including phenoxy) is 1. The largest absolute Gasteiger partial charge is 0.373 e. The van der Waals surface area contributed by atoms with Crippen molar-refractivity contribution in [3.05, 3.63) is 35.9 Å². The van der Waals surface area contributed by atoms with Gasteiger partial charge in [-0.2, -0.15) is 0 Å². The fourth-order valence-electron chi connectivity index (χ4n) is 1.93. The van der Waals surface area contributed by atoms with Gasteiger partial charge in [0.1, 0.15) is 0 Å². The van der Waals surface area contributed by atoms with E-state index in [1.165, 1.54) is 0 Å². The van der Waals surface area contributed by atoms with Crippen molar-refractivity contribution >= 4 is 0 Å². The first-order valence-corrected chi connectivity index (χ1v) is 5.38. The van der Waals surface area contributed by atoms with Crippen LogP contribution in [0.4, 0.5) is 0 Å². The van der Waals surface area contributed by atoms with Gasteiger partial charge in [0.25, 0.3) is 0 Å². The molecule has 1 aliphatic rings. The molecule has 1 aromatic rings. The maximum absolute atomic E-state index is 6.35. The highest BCUT2D eigenvalue weighted by Crippen LogP contribution is 2.24. The lowest BCUT2D eigenvalue weighted by atomic mass is 9.87. The van der Waals surface area contributed by atoms with Gasteiger partial charge in [-0.15, -0.1) is 0 Å². The average Bonchev–Trinajstić information content (AvgIpc) is 2.31. The first-order chi connectivity index (χ1) is 7.21. The molecule has 15 heavy (non-hydrogen) atoms. The summed E-state index contributed by atoms with van der Waals surface area (Å²) >= 11 is 0. The Labute approximate surface area is 90.6 Å². The van der Waals surface area contributed by atoms with E-state index in [4.69, 9.17) is 10.5 Å². The maximum Gasteiger partial charge on any atom is 0.0918 e. The summed E-state index contributed by atoms with van der Waals surface area (Å²) in [7, 11) is 0. The lowest BCUT2D eigenvalue weighted by Crippen LogP contribution is -2.54. The molecule has 1 fully saturated rings. The summed E-state index contributed by atoms with van der Waals surface area (Å²) in [4.78, 5) is 0. The predicted octanol–water partition coefficient (Wildman–Crippen LogP) is 0.849. The van der Waals surface area contributed by atoms with Gasteiger partial charge in [0, 0.05) is 13.1 Å². The van der Waals surface area contributed by atoms with Crippen LogP contribution in [0.1, 0.15) is 12.5 Å².